The summed E-state index contributed by atoms with van der Waals surface area (Å²) in [5, 5.41) is 11.5. The van der Waals surface area contributed by atoms with Crippen molar-refractivity contribution in [1.82, 2.24) is 4.90 Å². The molecule has 0 aromatic heterocycles. The van der Waals surface area contributed by atoms with Crippen LogP contribution in [0.4, 0.5) is 0 Å². The SMILES string of the molecule is N/C(CCN1CCc2ccccc2C1)=N\O. The minimum absolute atomic E-state index is 0.304. The number of benzene rings is 1. The Morgan fingerprint density at radius 3 is 2.88 bits per heavy atom. The largest absolute Gasteiger partial charge is 0.409 e. The van der Waals surface area contributed by atoms with Crippen molar-refractivity contribution >= 4 is 5.84 Å². The molecule has 86 valence electrons. The zero-order valence-corrected chi connectivity index (χ0v) is 9.26. The summed E-state index contributed by atoms with van der Waals surface area (Å²) in [5.41, 5.74) is 8.30. The molecule has 1 aliphatic rings. The summed E-state index contributed by atoms with van der Waals surface area (Å²) in [6, 6.07) is 8.53. The molecule has 1 heterocycles. The normalized spacial score (nSPS) is 17.1. The third kappa shape index (κ3) is 2.52. The highest BCUT2D eigenvalue weighted by molar-refractivity contribution is 5.79. The van der Waals surface area contributed by atoms with Crippen molar-refractivity contribution in [3.8, 4) is 0 Å². The summed E-state index contributed by atoms with van der Waals surface area (Å²) in [4.78, 5) is 2.33. The minimum atomic E-state index is 0.304. The molecule has 3 N–H and O–H groups in total. The number of nitrogens with two attached hydrogens (primary N) is 1. The van der Waals surface area contributed by atoms with Crippen LogP contribution in [0.15, 0.2) is 29.4 Å². The molecule has 0 saturated heterocycles. The van der Waals surface area contributed by atoms with Crippen LogP contribution >= 0.6 is 0 Å². The highest BCUT2D eigenvalue weighted by Crippen LogP contribution is 2.18. The Bertz CT molecular complexity index is 390. The van der Waals surface area contributed by atoms with Crippen molar-refractivity contribution in [2.45, 2.75) is 19.4 Å². The Balaban J connectivity index is 1.93. The highest BCUT2D eigenvalue weighted by Gasteiger charge is 2.15. The lowest BCUT2D eigenvalue weighted by molar-refractivity contribution is 0.259. The van der Waals surface area contributed by atoms with Gasteiger partial charge < -0.3 is 10.9 Å². The molecule has 1 aliphatic heterocycles. The van der Waals surface area contributed by atoms with E-state index in [0.717, 1.165) is 26.1 Å². The van der Waals surface area contributed by atoms with E-state index in [0.29, 0.717) is 12.3 Å². The fraction of sp³-hybridized carbons (Fsp3) is 0.417. The maximum Gasteiger partial charge on any atom is 0.140 e. The lowest BCUT2D eigenvalue weighted by Gasteiger charge is -2.28. The molecule has 1 aromatic carbocycles. The molecule has 0 fully saturated rings. The second kappa shape index (κ2) is 4.99. The van der Waals surface area contributed by atoms with Gasteiger partial charge in [0.25, 0.3) is 0 Å². The smallest absolute Gasteiger partial charge is 0.140 e. The van der Waals surface area contributed by atoms with Gasteiger partial charge in [0.15, 0.2) is 0 Å². The molecule has 0 spiro atoms. The molecule has 16 heavy (non-hydrogen) atoms. The molecule has 2 rings (SSSR count). The van der Waals surface area contributed by atoms with Crippen LogP contribution in [-0.2, 0) is 13.0 Å². The monoisotopic (exact) mass is 219 g/mol. The summed E-state index contributed by atoms with van der Waals surface area (Å²) in [7, 11) is 0. The average molecular weight is 219 g/mol. The van der Waals surface area contributed by atoms with Gasteiger partial charge in [-0.15, -0.1) is 0 Å². The van der Waals surface area contributed by atoms with Gasteiger partial charge in [-0.1, -0.05) is 29.4 Å². The van der Waals surface area contributed by atoms with Crippen molar-refractivity contribution in [2.75, 3.05) is 13.1 Å². The molecular weight excluding hydrogens is 202 g/mol. The van der Waals surface area contributed by atoms with Crippen LogP contribution in [0.25, 0.3) is 0 Å². The molecule has 1 aromatic rings. The second-order valence-electron chi connectivity index (χ2n) is 4.14. The fourth-order valence-corrected chi connectivity index (χ4v) is 2.07. The second-order valence-corrected chi connectivity index (χ2v) is 4.14. The lowest BCUT2D eigenvalue weighted by atomic mass is 10.00. The zero-order valence-electron chi connectivity index (χ0n) is 9.26. The first-order valence-corrected chi connectivity index (χ1v) is 5.55. The van der Waals surface area contributed by atoms with Crippen LogP contribution in [0.1, 0.15) is 17.5 Å². The van der Waals surface area contributed by atoms with Crippen molar-refractivity contribution in [3.63, 3.8) is 0 Å². The first-order chi connectivity index (χ1) is 7.79. The van der Waals surface area contributed by atoms with Gasteiger partial charge in [0.2, 0.25) is 0 Å². The Labute approximate surface area is 95.4 Å². The van der Waals surface area contributed by atoms with Crippen LogP contribution < -0.4 is 5.73 Å². The van der Waals surface area contributed by atoms with Crippen LogP contribution in [0.2, 0.25) is 0 Å². The van der Waals surface area contributed by atoms with Gasteiger partial charge in [-0.3, -0.25) is 4.90 Å². The topological polar surface area (TPSA) is 61.8 Å². The summed E-state index contributed by atoms with van der Waals surface area (Å²) < 4.78 is 0. The van der Waals surface area contributed by atoms with Crippen molar-refractivity contribution in [1.29, 1.82) is 0 Å². The molecule has 4 heteroatoms. The predicted octanol–water partition coefficient (Wildman–Crippen LogP) is 1.18. The maximum absolute atomic E-state index is 8.47. The molecular formula is C12H17N3O. The van der Waals surface area contributed by atoms with E-state index in [1.165, 1.54) is 11.1 Å². The number of nitrogens with zero attached hydrogens (tertiary/aromatic N) is 2. The summed E-state index contributed by atoms with van der Waals surface area (Å²) in [6.45, 7) is 2.87. The van der Waals surface area contributed by atoms with Crippen molar-refractivity contribution < 1.29 is 5.21 Å². The van der Waals surface area contributed by atoms with Crippen LogP contribution in [0.3, 0.4) is 0 Å². The molecule has 0 atom stereocenters. The highest BCUT2D eigenvalue weighted by atomic mass is 16.4. The van der Waals surface area contributed by atoms with Gasteiger partial charge in [0.1, 0.15) is 5.84 Å². The van der Waals surface area contributed by atoms with Gasteiger partial charge in [0, 0.05) is 26.1 Å². The molecule has 0 amide bonds. The molecule has 0 radical (unpaired) electrons. The third-order valence-corrected chi connectivity index (χ3v) is 3.02. The Morgan fingerprint density at radius 1 is 1.38 bits per heavy atom. The van der Waals surface area contributed by atoms with Gasteiger partial charge in [-0.2, -0.15) is 0 Å². The number of rotatable bonds is 3. The van der Waals surface area contributed by atoms with Gasteiger partial charge >= 0.3 is 0 Å². The Hall–Kier alpha value is -1.55. The van der Waals surface area contributed by atoms with E-state index in [1.807, 2.05) is 0 Å². The van der Waals surface area contributed by atoms with E-state index in [1.54, 1.807) is 0 Å². The van der Waals surface area contributed by atoms with E-state index >= 15 is 0 Å². The molecule has 0 saturated carbocycles. The van der Waals surface area contributed by atoms with Crippen LogP contribution in [-0.4, -0.2) is 29.0 Å². The summed E-state index contributed by atoms with van der Waals surface area (Å²) in [5.74, 6) is 0.304. The maximum atomic E-state index is 8.47. The van der Waals surface area contributed by atoms with E-state index < -0.39 is 0 Å². The van der Waals surface area contributed by atoms with E-state index in [-0.39, 0.29) is 0 Å². The lowest BCUT2D eigenvalue weighted by Crippen LogP contribution is -2.33. The number of fused-ring (bicyclic) bond motifs is 1. The molecule has 4 nitrogen and oxygen atoms in total. The fourth-order valence-electron chi connectivity index (χ4n) is 2.07. The first-order valence-electron chi connectivity index (χ1n) is 5.55. The van der Waals surface area contributed by atoms with Crippen molar-refractivity contribution in [3.05, 3.63) is 35.4 Å². The predicted molar refractivity (Wildman–Crippen MR) is 63.4 cm³/mol. The van der Waals surface area contributed by atoms with Crippen LogP contribution in [0.5, 0.6) is 0 Å². The van der Waals surface area contributed by atoms with Gasteiger partial charge in [0.05, 0.1) is 0 Å². The van der Waals surface area contributed by atoms with E-state index in [9.17, 15) is 0 Å². The number of oxime groups is 1. The van der Waals surface area contributed by atoms with Crippen molar-refractivity contribution in [2.24, 2.45) is 10.9 Å². The molecule has 0 bridgehead atoms. The Morgan fingerprint density at radius 2 is 2.12 bits per heavy atom. The summed E-state index contributed by atoms with van der Waals surface area (Å²) in [6.07, 6.45) is 1.71. The molecule has 0 aliphatic carbocycles. The average Bonchev–Trinajstić information content (AvgIpc) is 2.35. The molecule has 0 unspecified atom stereocenters. The van der Waals surface area contributed by atoms with E-state index in [4.69, 9.17) is 10.9 Å². The number of amidine groups is 1. The quantitative estimate of drug-likeness (QED) is 0.347. The van der Waals surface area contributed by atoms with Crippen LogP contribution in [0, 0.1) is 0 Å². The van der Waals surface area contributed by atoms with E-state index in [2.05, 4.69) is 34.3 Å². The van der Waals surface area contributed by atoms with Gasteiger partial charge in [-0.05, 0) is 17.5 Å². The number of hydrogen-bond donors (Lipinski definition) is 2. The standard InChI is InChI=1S/C12H17N3O/c13-12(14-16)6-8-15-7-5-10-3-1-2-4-11(10)9-15/h1-4,16H,5-9H2,(H2,13,14). The minimum Gasteiger partial charge on any atom is -0.409 e. The summed E-state index contributed by atoms with van der Waals surface area (Å²) >= 11 is 0. The zero-order chi connectivity index (χ0) is 11.4. The number of hydrogen-bond acceptors (Lipinski definition) is 3. The van der Waals surface area contributed by atoms with Gasteiger partial charge in [-0.25, -0.2) is 0 Å². The third-order valence-electron chi connectivity index (χ3n) is 3.02. The Kier molecular flexibility index (Phi) is 3.41. The first kappa shape index (κ1) is 11.0.